The fourth-order valence-electron chi connectivity index (χ4n) is 3.75. The maximum absolute atomic E-state index is 11.5. The molecule has 0 saturated heterocycles. The van der Waals surface area contributed by atoms with Crippen LogP contribution >= 0.6 is 23.5 Å². The number of hydrogen-bond acceptors (Lipinski definition) is 3. The van der Waals surface area contributed by atoms with E-state index >= 15 is 0 Å². The molecular weight excluding hydrogens is 408 g/mol. The number of carboxylic acid groups (broad SMARTS) is 1. The van der Waals surface area contributed by atoms with Crippen LogP contribution in [0.4, 0.5) is 0 Å². The van der Waals surface area contributed by atoms with Gasteiger partial charge in [-0.3, -0.25) is 4.79 Å². The average molecular weight is 461 g/mol. The first kappa shape index (κ1) is 30.2. The molecule has 0 bridgehead atoms. The Labute approximate surface area is 197 Å². The normalized spacial score (nSPS) is 11.4. The predicted octanol–water partition coefficient (Wildman–Crippen LogP) is 9.71. The second-order valence-corrected chi connectivity index (χ2v) is 11.5. The molecule has 4 heteroatoms. The van der Waals surface area contributed by atoms with Crippen LogP contribution in [0.25, 0.3) is 0 Å². The van der Waals surface area contributed by atoms with Crippen LogP contribution in [-0.4, -0.2) is 27.2 Å². The molecule has 0 amide bonds. The molecule has 0 saturated carbocycles. The van der Waals surface area contributed by atoms with E-state index in [9.17, 15) is 9.90 Å². The van der Waals surface area contributed by atoms with Crippen molar-refractivity contribution in [2.75, 3.05) is 11.5 Å². The standard InChI is InChI=1S/C26H52O2S2/c1-3-5-7-9-11-13-15-17-19-21-23-29-26(25(27)28)30-24-22-20-18-16-14-12-10-8-6-4-2/h26H,3-24H2,1-2H3,(H,27,28). The number of rotatable bonds is 25. The van der Waals surface area contributed by atoms with E-state index in [1.54, 1.807) is 23.5 Å². The third-order valence-electron chi connectivity index (χ3n) is 5.74. The number of unbranched alkanes of at least 4 members (excludes halogenated alkanes) is 18. The van der Waals surface area contributed by atoms with Gasteiger partial charge < -0.3 is 5.11 Å². The van der Waals surface area contributed by atoms with Crippen molar-refractivity contribution in [2.45, 2.75) is 147 Å². The summed E-state index contributed by atoms with van der Waals surface area (Å²) in [5, 5.41) is 9.45. The van der Waals surface area contributed by atoms with Crippen LogP contribution in [0, 0.1) is 0 Å². The molecule has 1 N–H and O–H groups in total. The van der Waals surface area contributed by atoms with Gasteiger partial charge in [-0.1, -0.05) is 129 Å². The highest BCUT2D eigenvalue weighted by molar-refractivity contribution is 8.18. The summed E-state index contributed by atoms with van der Waals surface area (Å²) < 4.78 is -0.262. The number of aliphatic carboxylic acids is 1. The SMILES string of the molecule is CCCCCCCCCCCCSC(SCCCCCCCCCCCC)C(=O)O. The fourth-order valence-corrected chi connectivity index (χ4v) is 6.17. The smallest absolute Gasteiger partial charge is 0.326 e. The summed E-state index contributed by atoms with van der Waals surface area (Å²) in [6.45, 7) is 4.53. The molecule has 0 radical (unpaired) electrons. The highest BCUT2D eigenvalue weighted by Gasteiger charge is 2.17. The highest BCUT2D eigenvalue weighted by atomic mass is 32.2. The summed E-state index contributed by atoms with van der Waals surface area (Å²) in [5.41, 5.74) is 0. The van der Waals surface area contributed by atoms with Crippen molar-refractivity contribution < 1.29 is 9.90 Å². The van der Waals surface area contributed by atoms with E-state index in [0.717, 1.165) is 11.5 Å². The lowest BCUT2D eigenvalue weighted by Gasteiger charge is -2.11. The first-order valence-corrected chi connectivity index (χ1v) is 15.3. The molecule has 0 aliphatic carbocycles. The molecular formula is C26H52O2S2. The zero-order valence-corrected chi connectivity index (χ0v) is 21.9. The molecule has 30 heavy (non-hydrogen) atoms. The molecule has 0 aromatic rings. The molecule has 0 rings (SSSR count). The molecule has 0 aromatic carbocycles. The van der Waals surface area contributed by atoms with Gasteiger partial charge in [0.05, 0.1) is 0 Å². The van der Waals surface area contributed by atoms with Crippen LogP contribution in [0.2, 0.25) is 0 Å². The summed E-state index contributed by atoms with van der Waals surface area (Å²) in [6.07, 6.45) is 26.8. The summed E-state index contributed by atoms with van der Waals surface area (Å²) >= 11 is 3.30. The van der Waals surface area contributed by atoms with E-state index in [4.69, 9.17) is 0 Å². The minimum atomic E-state index is -0.635. The molecule has 0 aliphatic rings. The van der Waals surface area contributed by atoms with Crippen LogP contribution in [0.5, 0.6) is 0 Å². The third-order valence-corrected chi connectivity index (χ3v) is 8.61. The monoisotopic (exact) mass is 460 g/mol. The molecule has 0 fully saturated rings. The Hall–Kier alpha value is 0.170. The summed E-state index contributed by atoms with van der Waals surface area (Å²) in [6, 6.07) is 0. The minimum Gasteiger partial charge on any atom is -0.480 e. The van der Waals surface area contributed by atoms with Gasteiger partial charge in [-0.15, -0.1) is 23.5 Å². The van der Waals surface area contributed by atoms with Crippen LogP contribution in [-0.2, 0) is 4.79 Å². The van der Waals surface area contributed by atoms with E-state index in [-0.39, 0.29) is 4.58 Å². The van der Waals surface area contributed by atoms with Crippen molar-refractivity contribution >= 4 is 29.5 Å². The summed E-state index contributed by atoms with van der Waals surface area (Å²) in [4.78, 5) is 11.5. The van der Waals surface area contributed by atoms with Crippen LogP contribution in [0.3, 0.4) is 0 Å². The average Bonchev–Trinajstić information content (AvgIpc) is 2.74. The van der Waals surface area contributed by atoms with E-state index in [2.05, 4.69) is 13.8 Å². The minimum absolute atomic E-state index is 0.262. The van der Waals surface area contributed by atoms with Gasteiger partial charge in [-0.05, 0) is 24.3 Å². The number of carbonyl (C=O) groups is 1. The molecule has 2 nitrogen and oxygen atoms in total. The van der Waals surface area contributed by atoms with Gasteiger partial charge in [-0.2, -0.15) is 0 Å². The zero-order valence-electron chi connectivity index (χ0n) is 20.3. The Morgan fingerprint density at radius 2 is 0.800 bits per heavy atom. The van der Waals surface area contributed by atoms with Gasteiger partial charge in [0.25, 0.3) is 0 Å². The molecule has 180 valence electrons. The van der Waals surface area contributed by atoms with Gasteiger partial charge in [-0.25, -0.2) is 0 Å². The number of hydrogen-bond donors (Lipinski definition) is 1. The largest absolute Gasteiger partial charge is 0.480 e. The lowest BCUT2D eigenvalue weighted by atomic mass is 10.1. The first-order chi connectivity index (χ1) is 14.7. The van der Waals surface area contributed by atoms with Crippen LogP contribution in [0.15, 0.2) is 0 Å². The number of thioether (sulfide) groups is 2. The van der Waals surface area contributed by atoms with Crippen molar-refractivity contribution in [3.05, 3.63) is 0 Å². The fraction of sp³-hybridized carbons (Fsp3) is 0.962. The lowest BCUT2D eigenvalue weighted by Crippen LogP contribution is -2.13. The second kappa shape index (κ2) is 25.4. The Kier molecular flexibility index (Phi) is 25.6. The molecule has 0 atom stereocenters. The maximum Gasteiger partial charge on any atom is 0.326 e. The zero-order chi connectivity index (χ0) is 22.1. The Bertz CT molecular complexity index is 324. The van der Waals surface area contributed by atoms with Crippen LogP contribution < -0.4 is 0 Å². The maximum atomic E-state index is 11.5. The molecule has 0 heterocycles. The van der Waals surface area contributed by atoms with Crippen molar-refractivity contribution in [3.63, 3.8) is 0 Å². The number of carboxylic acids is 1. The van der Waals surface area contributed by atoms with E-state index < -0.39 is 5.97 Å². The quantitative estimate of drug-likeness (QED) is 0.109. The Balaban J connectivity index is 3.43. The molecule has 0 spiro atoms. The van der Waals surface area contributed by atoms with E-state index in [1.165, 1.54) is 128 Å². The molecule has 0 aliphatic heterocycles. The van der Waals surface area contributed by atoms with Gasteiger partial charge in [0.15, 0.2) is 0 Å². The Morgan fingerprint density at radius 3 is 1.07 bits per heavy atom. The first-order valence-electron chi connectivity index (χ1n) is 13.2. The predicted molar refractivity (Wildman–Crippen MR) is 140 cm³/mol. The Morgan fingerprint density at radius 1 is 0.533 bits per heavy atom. The van der Waals surface area contributed by atoms with Gasteiger partial charge >= 0.3 is 5.97 Å². The van der Waals surface area contributed by atoms with E-state index in [1.807, 2.05) is 0 Å². The van der Waals surface area contributed by atoms with Crippen molar-refractivity contribution in [1.29, 1.82) is 0 Å². The van der Waals surface area contributed by atoms with Crippen LogP contribution in [0.1, 0.15) is 142 Å². The molecule has 0 aromatic heterocycles. The van der Waals surface area contributed by atoms with Crippen molar-refractivity contribution in [3.8, 4) is 0 Å². The van der Waals surface area contributed by atoms with Crippen molar-refractivity contribution in [2.24, 2.45) is 0 Å². The third kappa shape index (κ3) is 22.8. The molecule has 0 unspecified atom stereocenters. The highest BCUT2D eigenvalue weighted by Crippen LogP contribution is 2.26. The topological polar surface area (TPSA) is 37.3 Å². The second-order valence-electron chi connectivity index (χ2n) is 8.78. The van der Waals surface area contributed by atoms with Gasteiger partial charge in [0.2, 0.25) is 0 Å². The van der Waals surface area contributed by atoms with E-state index in [0.29, 0.717) is 0 Å². The van der Waals surface area contributed by atoms with Gasteiger partial charge in [0, 0.05) is 0 Å². The van der Waals surface area contributed by atoms with Crippen molar-refractivity contribution in [1.82, 2.24) is 0 Å². The van der Waals surface area contributed by atoms with Gasteiger partial charge in [0.1, 0.15) is 4.58 Å². The summed E-state index contributed by atoms with van der Waals surface area (Å²) in [5.74, 6) is 1.36. The summed E-state index contributed by atoms with van der Waals surface area (Å²) in [7, 11) is 0. The lowest BCUT2D eigenvalue weighted by molar-refractivity contribution is -0.134.